The van der Waals surface area contributed by atoms with Crippen LogP contribution in [0.4, 0.5) is 10.2 Å². The lowest BCUT2D eigenvalue weighted by atomic mass is 10.1. The molecule has 0 aliphatic carbocycles. The molecule has 1 aliphatic heterocycles. The molecule has 2 heterocycles. The van der Waals surface area contributed by atoms with E-state index in [2.05, 4.69) is 26.2 Å². The normalized spacial score (nSPS) is 25.1. The third-order valence-electron chi connectivity index (χ3n) is 2.21. The molecule has 15 heavy (non-hydrogen) atoms. The van der Waals surface area contributed by atoms with E-state index in [1.165, 1.54) is 6.07 Å². The van der Waals surface area contributed by atoms with Gasteiger partial charge in [-0.1, -0.05) is 15.9 Å². The van der Waals surface area contributed by atoms with Gasteiger partial charge in [-0.25, -0.2) is 9.37 Å². The van der Waals surface area contributed by atoms with Crippen LogP contribution < -0.4 is 5.32 Å². The van der Waals surface area contributed by atoms with Crippen molar-refractivity contribution in [1.29, 1.82) is 0 Å². The van der Waals surface area contributed by atoms with Gasteiger partial charge >= 0.3 is 0 Å². The number of halogens is 2. The standard InChI is InChI=1S/C10H12BrFN2O/c1-10(2,11)7-9(15-7)14-8-6(12)4-3-5-13-8/h3-5,7,9H,1-2H3,(H,13,14). The van der Waals surface area contributed by atoms with E-state index in [-0.39, 0.29) is 28.3 Å². The quantitative estimate of drug-likeness (QED) is 0.680. The monoisotopic (exact) mass is 274 g/mol. The van der Waals surface area contributed by atoms with Crippen molar-refractivity contribution in [2.24, 2.45) is 0 Å². The Balaban J connectivity index is 1.99. The van der Waals surface area contributed by atoms with Crippen molar-refractivity contribution in [2.75, 3.05) is 5.32 Å². The van der Waals surface area contributed by atoms with Gasteiger partial charge in [-0.2, -0.15) is 0 Å². The number of pyridine rings is 1. The van der Waals surface area contributed by atoms with Crippen molar-refractivity contribution in [3.8, 4) is 0 Å². The van der Waals surface area contributed by atoms with E-state index in [0.717, 1.165) is 0 Å². The van der Waals surface area contributed by atoms with Gasteiger partial charge in [-0.15, -0.1) is 0 Å². The smallest absolute Gasteiger partial charge is 0.165 e. The second kappa shape index (κ2) is 3.72. The van der Waals surface area contributed by atoms with E-state index in [4.69, 9.17) is 4.74 Å². The summed E-state index contributed by atoms with van der Waals surface area (Å²) in [5.41, 5.74) is 0. The summed E-state index contributed by atoms with van der Waals surface area (Å²) in [4.78, 5) is 3.89. The largest absolute Gasteiger partial charge is 0.346 e. The molecule has 0 amide bonds. The molecule has 0 radical (unpaired) electrons. The third kappa shape index (κ3) is 2.46. The average Bonchev–Trinajstić information content (AvgIpc) is 2.87. The number of ether oxygens (including phenoxy) is 1. The molecule has 2 rings (SSSR count). The van der Waals surface area contributed by atoms with Crippen LogP contribution in [0.25, 0.3) is 0 Å². The molecule has 2 unspecified atom stereocenters. The van der Waals surface area contributed by atoms with Crippen LogP contribution >= 0.6 is 15.9 Å². The van der Waals surface area contributed by atoms with Gasteiger partial charge in [0, 0.05) is 6.20 Å². The van der Waals surface area contributed by atoms with Gasteiger partial charge in [0.15, 0.2) is 17.9 Å². The minimum Gasteiger partial charge on any atom is -0.346 e. The van der Waals surface area contributed by atoms with E-state index in [1.54, 1.807) is 12.3 Å². The first-order valence-corrected chi connectivity index (χ1v) is 5.49. The lowest BCUT2D eigenvalue weighted by Crippen LogP contribution is -2.23. The van der Waals surface area contributed by atoms with Crippen LogP contribution in [0.1, 0.15) is 13.8 Å². The number of epoxide rings is 1. The fraction of sp³-hybridized carbons (Fsp3) is 0.500. The number of hydrogen-bond donors (Lipinski definition) is 1. The molecule has 2 atom stereocenters. The molecule has 5 heteroatoms. The zero-order chi connectivity index (χ0) is 11.1. The number of nitrogens with zero attached hydrogens (tertiary/aromatic N) is 1. The highest BCUT2D eigenvalue weighted by atomic mass is 79.9. The summed E-state index contributed by atoms with van der Waals surface area (Å²) in [7, 11) is 0. The van der Waals surface area contributed by atoms with Crippen LogP contribution in [0.2, 0.25) is 0 Å². The van der Waals surface area contributed by atoms with Gasteiger partial charge in [-0.3, -0.25) is 0 Å². The Morgan fingerprint density at radius 2 is 2.33 bits per heavy atom. The molecule has 1 aromatic rings. The Bertz CT molecular complexity index is 367. The zero-order valence-corrected chi connectivity index (χ0v) is 10.1. The maximum Gasteiger partial charge on any atom is 0.165 e. The van der Waals surface area contributed by atoms with Crippen LogP contribution in [0.3, 0.4) is 0 Å². The number of aromatic nitrogens is 1. The fourth-order valence-corrected chi connectivity index (χ4v) is 1.72. The Morgan fingerprint density at radius 3 is 2.87 bits per heavy atom. The first-order chi connectivity index (χ1) is 6.98. The summed E-state index contributed by atoms with van der Waals surface area (Å²) in [6.45, 7) is 4.02. The van der Waals surface area contributed by atoms with E-state index in [9.17, 15) is 4.39 Å². The molecular weight excluding hydrogens is 263 g/mol. The van der Waals surface area contributed by atoms with Gasteiger partial charge in [-0.05, 0) is 26.0 Å². The molecule has 1 aromatic heterocycles. The van der Waals surface area contributed by atoms with Crippen LogP contribution in [-0.2, 0) is 4.74 Å². The SMILES string of the molecule is CC(C)(Br)C1OC1Nc1ncccc1F. The summed E-state index contributed by atoms with van der Waals surface area (Å²) < 4.78 is 18.5. The van der Waals surface area contributed by atoms with E-state index in [0.29, 0.717) is 0 Å². The number of hydrogen-bond acceptors (Lipinski definition) is 3. The second-order valence-corrected chi connectivity index (χ2v) is 6.06. The molecule has 1 saturated heterocycles. The Hall–Kier alpha value is -0.680. The first kappa shape index (κ1) is 10.8. The summed E-state index contributed by atoms with van der Waals surface area (Å²) >= 11 is 3.50. The maximum absolute atomic E-state index is 13.2. The topological polar surface area (TPSA) is 37.5 Å². The summed E-state index contributed by atoms with van der Waals surface area (Å²) in [6, 6.07) is 2.92. The number of alkyl halides is 1. The Labute approximate surface area is 96.2 Å². The van der Waals surface area contributed by atoms with Gasteiger partial charge in [0.05, 0.1) is 4.32 Å². The van der Waals surface area contributed by atoms with Gasteiger partial charge < -0.3 is 10.1 Å². The van der Waals surface area contributed by atoms with E-state index < -0.39 is 0 Å². The van der Waals surface area contributed by atoms with Crippen molar-refractivity contribution in [1.82, 2.24) is 4.98 Å². The molecule has 1 N–H and O–H groups in total. The van der Waals surface area contributed by atoms with Crippen LogP contribution in [0.5, 0.6) is 0 Å². The molecule has 82 valence electrons. The van der Waals surface area contributed by atoms with Crippen molar-refractivity contribution >= 4 is 21.7 Å². The average molecular weight is 275 g/mol. The minimum absolute atomic E-state index is 0.0407. The van der Waals surface area contributed by atoms with Gasteiger partial charge in [0.1, 0.15) is 6.10 Å². The van der Waals surface area contributed by atoms with Crippen molar-refractivity contribution in [3.63, 3.8) is 0 Å². The molecule has 1 aliphatic rings. The molecular formula is C10H12BrFN2O. The Kier molecular flexibility index (Phi) is 2.68. The Morgan fingerprint density at radius 1 is 1.60 bits per heavy atom. The lowest BCUT2D eigenvalue weighted by molar-refractivity contribution is 0.357. The van der Waals surface area contributed by atoms with E-state index >= 15 is 0 Å². The number of anilines is 1. The molecule has 0 bridgehead atoms. The number of nitrogens with one attached hydrogen (secondary N) is 1. The van der Waals surface area contributed by atoms with Crippen LogP contribution in [0.15, 0.2) is 18.3 Å². The molecule has 0 saturated carbocycles. The predicted molar refractivity (Wildman–Crippen MR) is 59.5 cm³/mol. The van der Waals surface area contributed by atoms with Crippen molar-refractivity contribution in [2.45, 2.75) is 30.5 Å². The molecule has 1 fully saturated rings. The maximum atomic E-state index is 13.2. The van der Waals surface area contributed by atoms with Crippen LogP contribution in [-0.4, -0.2) is 21.6 Å². The van der Waals surface area contributed by atoms with Crippen molar-refractivity contribution < 1.29 is 9.13 Å². The molecule has 0 aromatic carbocycles. The third-order valence-corrected chi connectivity index (χ3v) is 2.66. The summed E-state index contributed by atoms with van der Waals surface area (Å²) in [5.74, 6) is -0.124. The highest BCUT2D eigenvalue weighted by Gasteiger charge is 2.49. The van der Waals surface area contributed by atoms with E-state index in [1.807, 2.05) is 13.8 Å². The minimum atomic E-state index is -0.362. The number of rotatable bonds is 3. The zero-order valence-electron chi connectivity index (χ0n) is 8.50. The van der Waals surface area contributed by atoms with Crippen LogP contribution in [0, 0.1) is 5.82 Å². The highest BCUT2D eigenvalue weighted by Crippen LogP contribution is 2.38. The first-order valence-electron chi connectivity index (χ1n) is 4.70. The molecule has 0 spiro atoms. The summed E-state index contributed by atoms with van der Waals surface area (Å²) in [6.07, 6.45) is 1.42. The van der Waals surface area contributed by atoms with Gasteiger partial charge in [0.2, 0.25) is 0 Å². The second-order valence-electron chi connectivity index (χ2n) is 4.02. The predicted octanol–water partition coefficient (Wildman–Crippen LogP) is 2.53. The fourth-order valence-electron chi connectivity index (χ4n) is 1.37. The van der Waals surface area contributed by atoms with Crippen molar-refractivity contribution in [3.05, 3.63) is 24.1 Å². The summed E-state index contributed by atoms with van der Waals surface area (Å²) in [5, 5.41) is 2.90. The van der Waals surface area contributed by atoms with Gasteiger partial charge in [0.25, 0.3) is 0 Å². The lowest BCUT2D eigenvalue weighted by Gasteiger charge is -2.12. The highest BCUT2D eigenvalue weighted by molar-refractivity contribution is 9.10. The molecule has 3 nitrogen and oxygen atoms in total.